The average molecular weight is 411 g/mol. The molecular formula is C22H19BrO3. The molecule has 0 heterocycles. The van der Waals surface area contributed by atoms with E-state index in [1.54, 1.807) is 24.3 Å². The standard InChI is InChI=1S/C22H19BrO3/c23-16-11-9-14(10-12-16)13-5-7-15(8-6-13)19-20(24)17-3-1-2-4-18(17)21(25)22(19)26/h1-4,9-13,15,24H,5-8H2. The number of aliphatic hydroxyl groups excluding tert-OH is 1. The van der Waals surface area contributed by atoms with Crippen LogP contribution in [0.1, 0.15) is 53.1 Å². The van der Waals surface area contributed by atoms with E-state index in [0.29, 0.717) is 22.6 Å². The van der Waals surface area contributed by atoms with Gasteiger partial charge >= 0.3 is 0 Å². The maximum Gasteiger partial charge on any atom is 0.234 e. The van der Waals surface area contributed by atoms with Gasteiger partial charge in [0.2, 0.25) is 11.6 Å². The zero-order valence-corrected chi connectivity index (χ0v) is 15.8. The highest BCUT2D eigenvalue weighted by Gasteiger charge is 2.38. The molecule has 1 saturated carbocycles. The molecule has 2 aliphatic carbocycles. The van der Waals surface area contributed by atoms with E-state index in [0.717, 1.165) is 30.2 Å². The monoisotopic (exact) mass is 410 g/mol. The number of Topliss-reactive ketones (excluding diaryl/α,β-unsaturated/α-hetero) is 2. The summed E-state index contributed by atoms with van der Waals surface area (Å²) in [5.41, 5.74) is 2.42. The summed E-state index contributed by atoms with van der Waals surface area (Å²) in [5.74, 6) is -0.621. The number of benzene rings is 2. The van der Waals surface area contributed by atoms with Crippen molar-refractivity contribution < 1.29 is 14.7 Å². The number of fused-ring (bicyclic) bond motifs is 1. The lowest BCUT2D eigenvalue weighted by Gasteiger charge is -2.31. The first kappa shape index (κ1) is 17.2. The van der Waals surface area contributed by atoms with Gasteiger partial charge in [0.05, 0.1) is 0 Å². The molecule has 0 unspecified atom stereocenters. The molecule has 2 aromatic rings. The molecule has 132 valence electrons. The molecule has 3 nitrogen and oxygen atoms in total. The lowest BCUT2D eigenvalue weighted by atomic mass is 9.72. The van der Waals surface area contributed by atoms with E-state index in [4.69, 9.17) is 0 Å². The van der Waals surface area contributed by atoms with Crippen LogP contribution in [-0.2, 0) is 4.79 Å². The fourth-order valence-electron chi connectivity index (χ4n) is 4.21. The minimum atomic E-state index is -0.534. The Morgan fingerprint density at radius 2 is 1.35 bits per heavy atom. The Hall–Kier alpha value is -2.20. The minimum absolute atomic E-state index is 0.00251. The number of rotatable bonds is 2. The number of allylic oxidation sites excluding steroid dienone is 1. The van der Waals surface area contributed by atoms with Gasteiger partial charge in [0.1, 0.15) is 5.76 Å². The van der Waals surface area contributed by atoms with E-state index in [2.05, 4.69) is 40.2 Å². The number of hydrogen-bond acceptors (Lipinski definition) is 3. The molecule has 1 fully saturated rings. The molecule has 0 aliphatic heterocycles. The SMILES string of the molecule is O=C1C(=O)c2ccccc2C(O)=C1C1CCC(c2ccc(Br)cc2)CC1. The van der Waals surface area contributed by atoms with Crippen molar-refractivity contribution in [3.63, 3.8) is 0 Å². The number of hydrogen-bond donors (Lipinski definition) is 1. The Morgan fingerprint density at radius 3 is 2.00 bits per heavy atom. The molecule has 2 aliphatic rings. The maximum atomic E-state index is 12.6. The van der Waals surface area contributed by atoms with Crippen LogP contribution in [0, 0.1) is 5.92 Å². The number of aliphatic hydroxyl groups is 1. The van der Waals surface area contributed by atoms with Gasteiger partial charge in [0.15, 0.2) is 0 Å². The van der Waals surface area contributed by atoms with Crippen LogP contribution < -0.4 is 0 Å². The zero-order valence-electron chi connectivity index (χ0n) is 14.2. The molecule has 0 saturated heterocycles. The van der Waals surface area contributed by atoms with Crippen molar-refractivity contribution in [2.24, 2.45) is 5.92 Å². The van der Waals surface area contributed by atoms with Gasteiger partial charge in [-0.15, -0.1) is 0 Å². The van der Waals surface area contributed by atoms with Gasteiger partial charge in [-0.3, -0.25) is 9.59 Å². The van der Waals surface area contributed by atoms with Crippen molar-refractivity contribution in [2.45, 2.75) is 31.6 Å². The Bertz CT molecular complexity index is 903. The maximum absolute atomic E-state index is 12.6. The minimum Gasteiger partial charge on any atom is -0.507 e. The van der Waals surface area contributed by atoms with E-state index in [1.165, 1.54) is 5.56 Å². The van der Waals surface area contributed by atoms with Crippen molar-refractivity contribution in [1.82, 2.24) is 0 Å². The molecule has 0 amide bonds. The molecule has 0 radical (unpaired) electrons. The van der Waals surface area contributed by atoms with Crippen LogP contribution in [-0.4, -0.2) is 16.7 Å². The summed E-state index contributed by atoms with van der Waals surface area (Å²) in [7, 11) is 0. The van der Waals surface area contributed by atoms with Crippen molar-refractivity contribution in [3.8, 4) is 0 Å². The second-order valence-corrected chi connectivity index (χ2v) is 7.98. The van der Waals surface area contributed by atoms with Gasteiger partial charge in [-0.25, -0.2) is 0 Å². The largest absolute Gasteiger partial charge is 0.507 e. The summed E-state index contributed by atoms with van der Waals surface area (Å²) in [6.07, 6.45) is 3.51. The van der Waals surface area contributed by atoms with E-state index in [9.17, 15) is 14.7 Å². The fourth-order valence-corrected chi connectivity index (χ4v) is 4.48. The second kappa shape index (κ2) is 6.84. The van der Waals surface area contributed by atoms with Crippen molar-refractivity contribution >= 4 is 33.3 Å². The molecular weight excluding hydrogens is 392 g/mol. The van der Waals surface area contributed by atoms with E-state index < -0.39 is 11.6 Å². The van der Waals surface area contributed by atoms with Gasteiger partial charge in [-0.05, 0) is 55.2 Å². The van der Waals surface area contributed by atoms with Gasteiger partial charge in [0.25, 0.3) is 0 Å². The van der Waals surface area contributed by atoms with Crippen molar-refractivity contribution in [3.05, 3.63) is 75.3 Å². The number of carbonyl (C=O) groups is 2. The molecule has 4 rings (SSSR count). The summed E-state index contributed by atoms with van der Waals surface area (Å²) >= 11 is 3.46. The third-order valence-electron chi connectivity index (χ3n) is 5.61. The smallest absolute Gasteiger partial charge is 0.234 e. The van der Waals surface area contributed by atoms with E-state index in [1.807, 2.05) is 0 Å². The number of carbonyl (C=O) groups excluding carboxylic acids is 2. The molecule has 26 heavy (non-hydrogen) atoms. The number of ketones is 2. The van der Waals surface area contributed by atoms with Gasteiger partial charge in [0, 0.05) is 21.2 Å². The molecule has 1 N–H and O–H groups in total. The first-order chi connectivity index (χ1) is 12.6. The predicted molar refractivity (Wildman–Crippen MR) is 104 cm³/mol. The van der Waals surface area contributed by atoms with Crippen LogP contribution in [0.25, 0.3) is 5.76 Å². The van der Waals surface area contributed by atoms with Crippen molar-refractivity contribution in [1.29, 1.82) is 0 Å². The quantitative estimate of drug-likeness (QED) is 0.668. The highest BCUT2D eigenvalue weighted by Crippen LogP contribution is 2.42. The average Bonchev–Trinajstić information content (AvgIpc) is 2.68. The lowest BCUT2D eigenvalue weighted by molar-refractivity contribution is -0.112. The van der Waals surface area contributed by atoms with Crippen molar-refractivity contribution in [2.75, 3.05) is 0 Å². The number of halogens is 1. The van der Waals surface area contributed by atoms with Crippen LogP contribution in [0.5, 0.6) is 0 Å². The molecule has 0 aromatic heterocycles. The summed E-state index contributed by atoms with van der Waals surface area (Å²) in [6.45, 7) is 0. The zero-order chi connectivity index (χ0) is 18.3. The summed E-state index contributed by atoms with van der Waals surface area (Å²) in [5, 5.41) is 10.7. The van der Waals surface area contributed by atoms with Crippen LogP contribution >= 0.6 is 15.9 Å². The molecule has 0 spiro atoms. The first-order valence-corrected chi connectivity index (χ1v) is 9.72. The van der Waals surface area contributed by atoms with Gasteiger partial charge in [-0.1, -0.05) is 52.3 Å². The third-order valence-corrected chi connectivity index (χ3v) is 6.14. The Kier molecular flexibility index (Phi) is 4.53. The van der Waals surface area contributed by atoms with Crippen LogP contribution in [0.2, 0.25) is 0 Å². The molecule has 2 aromatic carbocycles. The highest BCUT2D eigenvalue weighted by atomic mass is 79.9. The normalized spacial score (nSPS) is 23.1. The lowest BCUT2D eigenvalue weighted by Crippen LogP contribution is -2.29. The van der Waals surface area contributed by atoms with Crippen LogP contribution in [0.4, 0.5) is 0 Å². The van der Waals surface area contributed by atoms with E-state index in [-0.39, 0.29) is 11.7 Å². The third kappa shape index (κ3) is 2.92. The fraction of sp³-hybridized carbons (Fsp3) is 0.273. The predicted octanol–water partition coefficient (Wildman–Crippen LogP) is 5.46. The van der Waals surface area contributed by atoms with Crippen LogP contribution in [0.3, 0.4) is 0 Å². The van der Waals surface area contributed by atoms with Crippen LogP contribution in [0.15, 0.2) is 58.6 Å². The Labute approximate surface area is 160 Å². The summed E-state index contributed by atoms with van der Waals surface area (Å²) < 4.78 is 1.06. The van der Waals surface area contributed by atoms with Gasteiger partial charge in [-0.2, -0.15) is 0 Å². The first-order valence-electron chi connectivity index (χ1n) is 8.93. The second-order valence-electron chi connectivity index (χ2n) is 7.07. The van der Waals surface area contributed by atoms with Gasteiger partial charge < -0.3 is 5.11 Å². The molecule has 4 heteroatoms. The summed E-state index contributed by atoms with van der Waals surface area (Å²) in [6, 6.07) is 15.2. The van der Waals surface area contributed by atoms with E-state index >= 15 is 0 Å². The Balaban J connectivity index is 1.58. The molecule has 0 atom stereocenters. The highest BCUT2D eigenvalue weighted by molar-refractivity contribution is 9.10. The Morgan fingerprint density at radius 1 is 0.769 bits per heavy atom. The molecule has 0 bridgehead atoms. The summed E-state index contributed by atoms with van der Waals surface area (Å²) in [4.78, 5) is 25.0. The topological polar surface area (TPSA) is 54.4 Å².